The molecule has 36 heavy (non-hydrogen) atoms. The van der Waals surface area contributed by atoms with Crippen LogP contribution in [0.4, 0.5) is 13.2 Å². The number of hydrogen-bond acceptors (Lipinski definition) is 6. The van der Waals surface area contributed by atoms with Gasteiger partial charge in [0.1, 0.15) is 5.52 Å². The molecule has 0 aliphatic carbocycles. The molecule has 2 aromatic carbocycles. The Bertz CT molecular complexity index is 1280. The predicted molar refractivity (Wildman–Crippen MR) is 128 cm³/mol. The summed E-state index contributed by atoms with van der Waals surface area (Å²) >= 11 is 0. The number of nitrogens with two attached hydrogens (primary N) is 1. The average Bonchev–Trinajstić information content (AvgIpc) is 3.24. The lowest BCUT2D eigenvalue weighted by Crippen LogP contribution is -2.25. The first-order chi connectivity index (χ1) is 16.5. The number of halogens is 3. The van der Waals surface area contributed by atoms with E-state index in [1.54, 1.807) is 23.7 Å². The molecular formula is C24H26F3N5O4. The van der Waals surface area contributed by atoms with Crippen LogP contribution in [-0.4, -0.2) is 55.6 Å². The maximum absolute atomic E-state index is 11.6. The van der Waals surface area contributed by atoms with Gasteiger partial charge in [-0.3, -0.25) is 4.79 Å². The van der Waals surface area contributed by atoms with Gasteiger partial charge in [0, 0.05) is 24.7 Å². The third-order valence-electron chi connectivity index (χ3n) is 5.16. The highest BCUT2D eigenvalue weighted by Gasteiger charge is 2.38. The molecule has 1 aliphatic rings. The molecule has 1 aliphatic heterocycles. The van der Waals surface area contributed by atoms with Gasteiger partial charge in [-0.05, 0) is 48.5 Å². The Morgan fingerprint density at radius 3 is 2.36 bits per heavy atom. The largest absolute Gasteiger partial charge is 0.490 e. The number of carbonyl (C=O) groups excluding carboxylic acids is 1. The molecule has 2 heterocycles. The number of aromatic nitrogens is 2. The predicted octanol–water partition coefficient (Wildman–Crippen LogP) is 3.56. The first-order valence-corrected chi connectivity index (χ1v) is 10.4. The molecule has 192 valence electrons. The summed E-state index contributed by atoms with van der Waals surface area (Å²) in [7, 11) is 0. The van der Waals surface area contributed by atoms with E-state index >= 15 is 0 Å². The molecule has 0 saturated carbocycles. The highest BCUT2D eigenvalue weighted by molar-refractivity contribution is 6.04. The van der Waals surface area contributed by atoms with E-state index in [4.69, 9.17) is 15.6 Å². The lowest BCUT2D eigenvalue weighted by atomic mass is 10.1. The number of carboxylic acid groups (broad SMARTS) is 1. The minimum atomic E-state index is -5.08. The molecular weight excluding hydrogens is 479 g/mol. The summed E-state index contributed by atoms with van der Waals surface area (Å²) in [5, 5.41) is 22.3. The number of hydrogen-bond donors (Lipinski definition) is 4. The number of alkyl halides is 3. The zero-order valence-electron chi connectivity index (χ0n) is 19.3. The second kappa shape index (κ2) is 11.5. The number of aliphatic hydroxyl groups excluding tert-OH is 1. The van der Waals surface area contributed by atoms with Crippen LogP contribution in [0.5, 0.6) is 0 Å². The van der Waals surface area contributed by atoms with Crippen LogP contribution in [-0.2, 0) is 11.3 Å². The van der Waals surface area contributed by atoms with Crippen molar-refractivity contribution >= 4 is 22.8 Å². The summed E-state index contributed by atoms with van der Waals surface area (Å²) < 4.78 is 33.5. The summed E-state index contributed by atoms with van der Waals surface area (Å²) in [6.07, 6.45) is 2.34. The molecule has 0 spiro atoms. The van der Waals surface area contributed by atoms with E-state index in [0.717, 1.165) is 35.3 Å². The number of benzene rings is 2. The number of allylic oxidation sites excluding steroid dienone is 2. The normalized spacial score (nSPS) is 13.8. The van der Waals surface area contributed by atoms with Crippen molar-refractivity contribution in [1.82, 2.24) is 20.8 Å². The zero-order chi connectivity index (χ0) is 25.8. The summed E-state index contributed by atoms with van der Waals surface area (Å²) in [6, 6.07) is 13.5. The number of primary amides is 1. The molecule has 3 aromatic rings. The molecule has 1 unspecified atom stereocenters. The van der Waals surface area contributed by atoms with E-state index in [1.807, 2.05) is 42.7 Å². The van der Waals surface area contributed by atoms with E-state index < -0.39 is 24.2 Å². The molecule has 12 heteroatoms. The number of aliphatic carboxylic acids is 1. The van der Waals surface area contributed by atoms with Crippen LogP contribution in [0.2, 0.25) is 0 Å². The van der Waals surface area contributed by atoms with Gasteiger partial charge >= 0.3 is 12.1 Å². The topological polar surface area (TPSA) is 157 Å². The first-order valence-electron chi connectivity index (χ1n) is 10.4. The highest BCUT2D eigenvalue weighted by atomic mass is 19.4. The lowest BCUT2D eigenvalue weighted by molar-refractivity contribution is -0.192. The minimum Gasteiger partial charge on any atom is -0.475 e. The van der Waals surface area contributed by atoms with Gasteiger partial charge in [-0.15, -0.1) is 0 Å². The molecule has 0 saturated heterocycles. The van der Waals surface area contributed by atoms with E-state index in [1.165, 1.54) is 0 Å². The molecule has 7 N–H and O–H groups in total. The average molecular weight is 505 g/mol. The Balaban J connectivity index is 0.000000503. The van der Waals surface area contributed by atoms with Crippen LogP contribution < -0.4 is 11.9 Å². The number of fused-ring (bicyclic) bond motifs is 1. The lowest BCUT2D eigenvalue weighted by Gasteiger charge is -2.26. The Morgan fingerprint density at radius 1 is 1.17 bits per heavy atom. The maximum Gasteiger partial charge on any atom is 0.490 e. The summed E-state index contributed by atoms with van der Waals surface area (Å²) in [6.45, 7) is 3.26. The van der Waals surface area contributed by atoms with E-state index in [-0.39, 0.29) is 6.15 Å². The van der Waals surface area contributed by atoms with Gasteiger partial charge in [-0.1, -0.05) is 30.3 Å². The molecule has 1 aromatic heterocycles. The fourth-order valence-electron chi connectivity index (χ4n) is 3.37. The first kappa shape index (κ1) is 28.1. The Morgan fingerprint density at radius 2 is 1.81 bits per heavy atom. The molecule has 1 atom stereocenters. The number of carboxylic acids is 1. The Kier molecular flexibility index (Phi) is 8.98. The van der Waals surface area contributed by atoms with Gasteiger partial charge < -0.3 is 27.0 Å². The fourth-order valence-corrected chi connectivity index (χ4v) is 3.37. The van der Waals surface area contributed by atoms with Crippen LogP contribution in [0.1, 0.15) is 22.8 Å². The van der Waals surface area contributed by atoms with Gasteiger partial charge in [0.15, 0.2) is 0 Å². The molecule has 0 fully saturated rings. The second-order valence-electron chi connectivity index (χ2n) is 7.81. The fraction of sp³-hybridized carbons (Fsp3) is 0.208. The van der Waals surface area contributed by atoms with Crippen LogP contribution in [0, 0.1) is 0 Å². The molecule has 4 rings (SSSR count). The van der Waals surface area contributed by atoms with Crippen LogP contribution in [0.3, 0.4) is 0 Å². The van der Waals surface area contributed by atoms with Crippen molar-refractivity contribution in [3.8, 4) is 5.69 Å². The van der Waals surface area contributed by atoms with Gasteiger partial charge in [0.2, 0.25) is 0 Å². The summed E-state index contributed by atoms with van der Waals surface area (Å²) in [5.41, 5.74) is 9.56. The van der Waals surface area contributed by atoms with Crippen molar-refractivity contribution in [3.63, 3.8) is 0 Å². The molecule has 9 nitrogen and oxygen atoms in total. The highest BCUT2D eigenvalue weighted by Crippen LogP contribution is 2.21. The standard InChI is InChI=1S/C22H22N4O2.C2HF3O2.H3N/c1-15(27)17-5-3-11-25(13-17)12-16-7-9-19(10-8-16)26-14-18-4-2-6-20(22(23)28)21(18)24-26;3-2(4,5)1(6)7;/h2-11,14-15,27H,12-13H2,1H3,(H2,23,28);(H,6,7);1H3. The van der Waals surface area contributed by atoms with Gasteiger partial charge in [-0.25, -0.2) is 9.48 Å². The Hall–Kier alpha value is -4.16. The number of aliphatic hydroxyl groups is 1. The van der Waals surface area contributed by atoms with Gasteiger partial charge in [-0.2, -0.15) is 18.3 Å². The van der Waals surface area contributed by atoms with Crippen molar-refractivity contribution in [1.29, 1.82) is 0 Å². The number of rotatable bonds is 5. The van der Waals surface area contributed by atoms with Crippen molar-refractivity contribution in [2.45, 2.75) is 25.7 Å². The third-order valence-corrected chi connectivity index (χ3v) is 5.16. The van der Waals surface area contributed by atoms with E-state index in [0.29, 0.717) is 11.1 Å². The zero-order valence-corrected chi connectivity index (χ0v) is 19.3. The minimum absolute atomic E-state index is 0. The second-order valence-corrected chi connectivity index (χ2v) is 7.81. The smallest absolute Gasteiger partial charge is 0.475 e. The molecule has 0 bridgehead atoms. The van der Waals surface area contributed by atoms with E-state index in [2.05, 4.69) is 22.1 Å². The summed E-state index contributed by atoms with van der Waals surface area (Å²) in [5.74, 6) is -3.24. The van der Waals surface area contributed by atoms with Crippen LogP contribution >= 0.6 is 0 Å². The molecule has 0 radical (unpaired) electrons. The van der Waals surface area contributed by atoms with E-state index in [9.17, 15) is 23.1 Å². The van der Waals surface area contributed by atoms with Crippen molar-refractivity contribution < 1.29 is 33.0 Å². The Labute approximate surface area is 204 Å². The van der Waals surface area contributed by atoms with Gasteiger partial charge in [0.25, 0.3) is 5.91 Å². The van der Waals surface area contributed by atoms with Crippen molar-refractivity contribution in [2.24, 2.45) is 5.73 Å². The quantitative estimate of drug-likeness (QED) is 0.413. The monoisotopic (exact) mass is 505 g/mol. The van der Waals surface area contributed by atoms with Gasteiger partial charge in [0.05, 0.1) is 17.4 Å². The van der Waals surface area contributed by atoms with Crippen LogP contribution in [0.25, 0.3) is 16.6 Å². The summed E-state index contributed by atoms with van der Waals surface area (Å²) in [4.78, 5) is 22.7. The third kappa shape index (κ3) is 6.93. The van der Waals surface area contributed by atoms with Crippen molar-refractivity contribution in [3.05, 3.63) is 83.7 Å². The number of carbonyl (C=O) groups is 2. The molecule has 1 amide bonds. The SMILES string of the molecule is CC(O)C1=CC=CN(Cc2ccc(-n3cc4cccc(C(N)=O)c4n3)cc2)C1.N.O=C(O)C(F)(F)F. The van der Waals surface area contributed by atoms with Crippen molar-refractivity contribution in [2.75, 3.05) is 6.54 Å². The van der Waals surface area contributed by atoms with Crippen LogP contribution in [0.15, 0.2) is 72.6 Å². The maximum atomic E-state index is 11.6. The number of amides is 1. The number of nitrogens with zero attached hydrogens (tertiary/aromatic N) is 3.